The largest absolute Gasteiger partial charge is 0.212 e. The van der Waals surface area contributed by atoms with Gasteiger partial charge >= 0.3 is 0 Å². The Bertz CT molecular complexity index is 615. The molecule has 1 heterocycles. The van der Waals surface area contributed by atoms with Crippen molar-refractivity contribution >= 4 is 0 Å². The molecule has 82 valence electrons. The second kappa shape index (κ2) is 4.09. The number of rotatable bonds is 1. The standard InChI is InChI=1S/C15H18N/c1-11-9-13(3)14(10-12(11)2)15-7-5-6-8-16(15)4/h5-10H,1-4H3/q+1/i1D3. The smallest absolute Gasteiger partial charge is 0.201 e. The highest BCUT2D eigenvalue weighted by Gasteiger charge is 2.11. The molecule has 0 radical (unpaired) electrons. The first-order chi connectivity index (χ1) is 8.80. The van der Waals surface area contributed by atoms with Crippen molar-refractivity contribution in [1.82, 2.24) is 0 Å². The Morgan fingerprint density at radius 2 is 1.88 bits per heavy atom. The van der Waals surface area contributed by atoms with Crippen LogP contribution in [-0.4, -0.2) is 0 Å². The fraction of sp³-hybridized carbons (Fsp3) is 0.267. The highest BCUT2D eigenvalue weighted by atomic mass is 14.9. The highest BCUT2D eigenvalue weighted by Crippen LogP contribution is 2.23. The first kappa shape index (κ1) is 7.61. The molecule has 0 aliphatic rings. The minimum atomic E-state index is -2.05. The molecular weight excluding hydrogens is 194 g/mol. The van der Waals surface area contributed by atoms with Crippen LogP contribution in [0.4, 0.5) is 0 Å². The van der Waals surface area contributed by atoms with Crippen LogP contribution in [0.25, 0.3) is 11.3 Å². The van der Waals surface area contributed by atoms with E-state index in [0.717, 1.165) is 22.4 Å². The third kappa shape index (κ3) is 1.85. The summed E-state index contributed by atoms with van der Waals surface area (Å²) in [7, 11) is 1.99. The average molecular weight is 215 g/mol. The van der Waals surface area contributed by atoms with Crippen molar-refractivity contribution in [3.8, 4) is 11.3 Å². The van der Waals surface area contributed by atoms with Gasteiger partial charge in [0.2, 0.25) is 5.69 Å². The van der Waals surface area contributed by atoms with Crippen LogP contribution < -0.4 is 4.57 Å². The van der Waals surface area contributed by atoms with Crippen molar-refractivity contribution in [2.75, 3.05) is 0 Å². The predicted molar refractivity (Wildman–Crippen MR) is 67.3 cm³/mol. The van der Waals surface area contributed by atoms with Crippen LogP contribution in [0.1, 0.15) is 20.8 Å². The highest BCUT2D eigenvalue weighted by molar-refractivity contribution is 5.62. The summed E-state index contributed by atoms with van der Waals surface area (Å²) in [5.41, 5.74) is 4.39. The van der Waals surface area contributed by atoms with E-state index >= 15 is 0 Å². The fourth-order valence-electron chi connectivity index (χ4n) is 1.90. The topological polar surface area (TPSA) is 3.88 Å². The zero-order valence-corrected chi connectivity index (χ0v) is 9.91. The summed E-state index contributed by atoms with van der Waals surface area (Å²) in [5.74, 6) is 0. The van der Waals surface area contributed by atoms with Crippen LogP contribution in [0.5, 0.6) is 0 Å². The summed E-state index contributed by atoms with van der Waals surface area (Å²) in [6.07, 6.45) is 1.99. The van der Waals surface area contributed by atoms with E-state index in [1.54, 1.807) is 6.07 Å². The van der Waals surface area contributed by atoms with Crippen molar-refractivity contribution in [1.29, 1.82) is 0 Å². The van der Waals surface area contributed by atoms with E-state index in [4.69, 9.17) is 4.11 Å². The molecule has 0 unspecified atom stereocenters. The molecule has 1 nitrogen and oxygen atoms in total. The van der Waals surface area contributed by atoms with Crippen LogP contribution in [0.2, 0.25) is 0 Å². The lowest BCUT2D eigenvalue weighted by atomic mass is 9.98. The lowest BCUT2D eigenvalue weighted by molar-refractivity contribution is -0.660. The van der Waals surface area contributed by atoms with Crippen LogP contribution in [-0.2, 0) is 7.05 Å². The van der Waals surface area contributed by atoms with Gasteiger partial charge in [0.05, 0.1) is 0 Å². The van der Waals surface area contributed by atoms with E-state index in [1.165, 1.54) is 0 Å². The van der Waals surface area contributed by atoms with E-state index < -0.39 is 6.85 Å². The molecule has 0 N–H and O–H groups in total. The summed E-state index contributed by atoms with van der Waals surface area (Å²) in [4.78, 5) is 0. The van der Waals surface area contributed by atoms with Crippen molar-refractivity contribution in [3.63, 3.8) is 0 Å². The van der Waals surface area contributed by atoms with E-state index in [-0.39, 0.29) is 0 Å². The summed E-state index contributed by atoms with van der Waals surface area (Å²) in [6, 6.07) is 9.75. The van der Waals surface area contributed by atoms with Gasteiger partial charge in [-0.25, -0.2) is 4.57 Å². The van der Waals surface area contributed by atoms with Gasteiger partial charge in [0.25, 0.3) is 0 Å². The minimum Gasteiger partial charge on any atom is -0.201 e. The fourth-order valence-corrected chi connectivity index (χ4v) is 1.90. The van der Waals surface area contributed by atoms with Gasteiger partial charge < -0.3 is 0 Å². The number of hydrogen-bond acceptors (Lipinski definition) is 0. The molecule has 16 heavy (non-hydrogen) atoms. The summed E-state index contributed by atoms with van der Waals surface area (Å²) in [6.45, 7) is 1.76. The van der Waals surface area contributed by atoms with Crippen LogP contribution in [0.3, 0.4) is 0 Å². The van der Waals surface area contributed by atoms with Gasteiger partial charge in [-0.15, -0.1) is 0 Å². The molecule has 2 rings (SSSR count). The molecule has 0 aliphatic heterocycles. The zero-order valence-electron chi connectivity index (χ0n) is 12.9. The molecule has 0 spiro atoms. The van der Waals surface area contributed by atoms with Gasteiger partial charge in [-0.1, -0.05) is 6.07 Å². The molecule has 0 atom stereocenters. The average Bonchev–Trinajstić information content (AvgIpc) is 2.31. The van der Waals surface area contributed by atoms with Crippen molar-refractivity contribution in [2.24, 2.45) is 7.05 Å². The Kier molecular flexibility index (Phi) is 1.95. The maximum Gasteiger partial charge on any atom is 0.212 e. The summed E-state index contributed by atoms with van der Waals surface area (Å²) >= 11 is 0. The maximum absolute atomic E-state index is 7.56. The first-order valence-corrected chi connectivity index (χ1v) is 5.37. The third-order valence-electron chi connectivity index (χ3n) is 2.90. The van der Waals surface area contributed by atoms with Crippen LogP contribution in [0, 0.1) is 20.7 Å². The van der Waals surface area contributed by atoms with Crippen LogP contribution >= 0.6 is 0 Å². The van der Waals surface area contributed by atoms with Crippen LogP contribution in [0.15, 0.2) is 36.5 Å². The van der Waals surface area contributed by atoms with Gasteiger partial charge in [0, 0.05) is 21.8 Å². The predicted octanol–water partition coefficient (Wildman–Crippen LogP) is 3.10. The van der Waals surface area contributed by atoms with E-state index in [2.05, 4.69) is 0 Å². The lowest BCUT2D eigenvalue weighted by Crippen LogP contribution is -2.30. The lowest BCUT2D eigenvalue weighted by Gasteiger charge is -2.08. The molecule has 0 saturated heterocycles. The third-order valence-corrected chi connectivity index (χ3v) is 2.90. The number of pyridine rings is 1. The molecule has 0 bridgehead atoms. The second-order valence-electron chi connectivity index (χ2n) is 4.18. The number of aryl methyl sites for hydroxylation is 4. The molecule has 0 fully saturated rings. The molecular formula is C15H18N+. The van der Waals surface area contributed by atoms with E-state index in [9.17, 15) is 0 Å². The number of hydrogen-bond donors (Lipinski definition) is 0. The second-order valence-corrected chi connectivity index (χ2v) is 4.18. The maximum atomic E-state index is 7.56. The monoisotopic (exact) mass is 215 g/mol. The molecule has 1 heteroatoms. The number of nitrogens with zero attached hydrogens (tertiary/aromatic N) is 1. The molecule has 2 aromatic rings. The molecule has 1 aromatic heterocycles. The first-order valence-electron chi connectivity index (χ1n) is 6.87. The Morgan fingerprint density at radius 1 is 1.06 bits per heavy atom. The summed E-state index contributed by atoms with van der Waals surface area (Å²) < 4.78 is 24.7. The Morgan fingerprint density at radius 3 is 2.56 bits per heavy atom. The van der Waals surface area contributed by atoms with E-state index in [1.807, 2.05) is 55.9 Å². The molecule has 0 aliphatic carbocycles. The minimum absolute atomic E-state index is 0.437. The molecule has 0 amide bonds. The number of benzene rings is 1. The molecule has 0 saturated carbocycles. The Balaban J connectivity index is 2.63. The van der Waals surface area contributed by atoms with Gasteiger partial charge in [0.15, 0.2) is 6.20 Å². The quantitative estimate of drug-likeness (QED) is 0.644. The summed E-state index contributed by atoms with van der Waals surface area (Å²) in [5, 5.41) is 0. The van der Waals surface area contributed by atoms with Gasteiger partial charge in [-0.05, 0) is 49.5 Å². The van der Waals surface area contributed by atoms with Gasteiger partial charge in [-0.3, -0.25) is 0 Å². The van der Waals surface area contributed by atoms with E-state index in [0.29, 0.717) is 5.56 Å². The Labute approximate surface area is 102 Å². The van der Waals surface area contributed by atoms with Crippen molar-refractivity contribution in [2.45, 2.75) is 20.7 Å². The van der Waals surface area contributed by atoms with Crippen molar-refractivity contribution < 1.29 is 8.68 Å². The Hall–Kier alpha value is -1.63. The molecule has 1 aromatic carbocycles. The van der Waals surface area contributed by atoms with Gasteiger partial charge in [0.1, 0.15) is 7.05 Å². The SMILES string of the molecule is [2H]C([2H])([2H])c1cc(C)c(-c2cccc[n+]2C)cc1C. The normalized spacial score (nSPS) is 14.1. The van der Waals surface area contributed by atoms with Crippen molar-refractivity contribution in [3.05, 3.63) is 53.2 Å². The zero-order chi connectivity index (χ0) is 14.2. The number of aromatic nitrogens is 1. The van der Waals surface area contributed by atoms with Gasteiger partial charge in [-0.2, -0.15) is 0 Å².